The van der Waals surface area contributed by atoms with E-state index in [2.05, 4.69) is 15.3 Å². The maximum absolute atomic E-state index is 14.1. The zero-order valence-electron chi connectivity index (χ0n) is 21.1. The van der Waals surface area contributed by atoms with E-state index in [1.807, 2.05) is 31.2 Å². The van der Waals surface area contributed by atoms with Crippen LogP contribution in [0.5, 0.6) is 0 Å². The fourth-order valence-corrected chi connectivity index (χ4v) is 5.23. The van der Waals surface area contributed by atoms with Crippen LogP contribution in [-0.4, -0.2) is 22.6 Å². The number of carbonyl (C=O) groups is 1. The summed E-state index contributed by atoms with van der Waals surface area (Å²) < 4.78 is 46.7. The van der Waals surface area contributed by atoms with Crippen molar-refractivity contribution in [2.45, 2.75) is 69.3 Å². The summed E-state index contributed by atoms with van der Waals surface area (Å²) in [6.07, 6.45) is 1.24. The molecule has 0 bridgehead atoms. The third kappa shape index (κ3) is 5.28. The molecule has 1 aliphatic heterocycles. The van der Waals surface area contributed by atoms with Crippen molar-refractivity contribution in [3.05, 3.63) is 95.2 Å². The standard InChI is InChI=1S/C29H29F3N4O2/c1-20-13-15-22(16-14-20)26-28(27(37)38-24-10-3-2-4-11-24,34-35-36(26)25-12-5-6-17-33-25)19-21-8-7-9-23(18-21)29(30,31)32/h5-9,12-18,24,26H,2-4,10-11,19H2,1H3/t26-,28-/m0/s1. The van der Waals surface area contributed by atoms with Gasteiger partial charge in [-0.25, -0.2) is 14.8 Å². The number of nitrogens with zero attached hydrogens (tertiary/aromatic N) is 4. The second-order valence-corrected chi connectivity index (χ2v) is 10.00. The lowest BCUT2D eigenvalue weighted by Gasteiger charge is -2.35. The van der Waals surface area contributed by atoms with Gasteiger partial charge in [-0.15, -0.1) is 5.11 Å². The van der Waals surface area contributed by atoms with Crippen molar-refractivity contribution in [1.82, 2.24) is 4.98 Å². The molecule has 0 amide bonds. The first-order chi connectivity index (χ1) is 18.3. The van der Waals surface area contributed by atoms with Gasteiger partial charge in [0.2, 0.25) is 5.54 Å². The van der Waals surface area contributed by atoms with E-state index in [4.69, 9.17) is 4.74 Å². The topological polar surface area (TPSA) is 67.2 Å². The van der Waals surface area contributed by atoms with Crippen LogP contribution < -0.4 is 5.01 Å². The summed E-state index contributed by atoms with van der Waals surface area (Å²) >= 11 is 0. The molecule has 2 aliphatic rings. The number of hydrogen-bond donors (Lipinski definition) is 0. The van der Waals surface area contributed by atoms with Crippen LogP contribution in [0.15, 0.2) is 83.3 Å². The average Bonchev–Trinajstić information content (AvgIpc) is 3.30. The largest absolute Gasteiger partial charge is 0.460 e. The van der Waals surface area contributed by atoms with Gasteiger partial charge in [-0.1, -0.05) is 65.7 Å². The zero-order valence-corrected chi connectivity index (χ0v) is 21.1. The predicted octanol–water partition coefficient (Wildman–Crippen LogP) is 7.19. The van der Waals surface area contributed by atoms with E-state index in [-0.39, 0.29) is 12.5 Å². The Bertz CT molecular complexity index is 1290. The van der Waals surface area contributed by atoms with Crippen LogP contribution in [0.4, 0.5) is 19.0 Å². The van der Waals surface area contributed by atoms with Crippen LogP contribution in [0, 0.1) is 6.92 Å². The van der Waals surface area contributed by atoms with Crippen LogP contribution in [0.1, 0.15) is 60.4 Å². The fraction of sp³-hybridized carbons (Fsp3) is 0.379. The number of aromatic nitrogens is 1. The predicted molar refractivity (Wildman–Crippen MR) is 136 cm³/mol. The number of rotatable bonds is 6. The van der Waals surface area contributed by atoms with Gasteiger partial charge in [0.25, 0.3) is 0 Å². The summed E-state index contributed by atoms with van der Waals surface area (Å²) in [4.78, 5) is 18.5. The number of benzene rings is 2. The van der Waals surface area contributed by atoms with Crippen molar-refractivity contribution < 1.29 is 22.7 Å². The van der Waals surface area contributed by atoms with Gasteiger partial charge >= 0.3 is 12.1 Å². The molecular formula is C29H29F3N4O2. The highest BCUT2D eigenvalue weighted by Crippen LogP contribution is 2.46. The lowest BCUT2D eigenvalue weighted by atomic mass is 9.80. The SMILES string of the molecule is Cc1ccc([C@@H]2N(c3ccccn3)N=N[C@]2(Cc2cccc(C(F)(F)F)c2)C(=O)OC2CCCCC2)cc1. The fourth-order valence-electron chi connectivity index (χ4n) is 5.23. The van der Waals surface area contributed by atoms with Gasteiger partial charge in [0.05, 0.1) is 5.56 Å². The van der Waals surface area contributed by atoms with Crippen LogP contribution in [0.2, 0.25) is 0 Å². The molecule has 5 rings (SSSR count). The molecule has 0 saturated heterocycles. The van der Waals surface area contributed by atoms with Crippen molar-refractivity contribution in [3.8, 4) is 0 Å². The molecule has 2 heterocycles. The summed E-state index contributed by atoms with van der Waals surface area (Å²) in [5, 5.41) is 10.5. The van der Waals surface area contributed by atoms with Gasteiger partial charge in [-0.05, 0) is 61.9 Å². The number of esters is 1. The Labute approximate surface area is 219 Å². The molecule has 0 spiro atoms. The second kappa shape index (κ2) is 10.6. The van der Waals surface area contributed by atoms with E-state index in [0.29, 0.717) is 11.4 Å². The molecule has 1 fully saturated rings. The Morgan fingerprint density at radius 3 is 2.47 bits per heavy atom. The van der Waals surface area contributed by atoms with Gasteiger partial charge in [0, 0.05) is 12.6 Å². The Balaban J connectivity index is 1.62. The van der Waals surface area contributed by atoms with Gasteiger partial charge < -0.3 is 4.74 Å². The minimum Gasteiger partial charge on any atom is -0.460 e. The number of halogens is 3. The number of ether oxygens (including phenoxy) is 1. The van der Waals surface area contributed by atoms with E-state index >= 15 is 0 Å². The molecular weight excluding hydrogens is 493 g/mol. The Kier molecular flexibility index (Phi) is 7.19. The van der Waals surface area contributed by atoms with Crippen LogP contribution in [0.3, 0.4) is 0 Å². The lowest BCUT2D eigenvalue weighted by molar-refractivity contribution is -0.157. The average molecular weight is 523 g/mol. The van der Waals surface area contributed by atoms with Crippen molar-refractivity contribution in [2.75, 3.05) is 5.01 Å². The number of anilines is 1. The molecule has 0 N–H and O–H groups in total. The minimum absolute atomic E-state index is 0.117. The molecule has 3 aromatic rings. The minimum atomic E-state index is -4.51. The van der Waals surface area contributed by atoms with Gasteiger partial charge in [0.1, 0.15) is 12.1 Å². The molecule has 1 saturated carbocycles. The quantitative estimate of drug-likeness (QED) is 0.321. The second-order valence-electron chi connectivity index (χ2n) is 10.00. The summed E-state index contributed by atoms with van der Waals surface area (Å²) in [6.45, 7) is 1.96. The first-order valence-corrected chi connectivity index (χ1v) is 12.8. The number of carbonyl (C=O) groups excluding carboxylic acids is 1. The van der Waals surface area contributed by atoms with E-state index in [0.717, 1.165) is 55.4 Å². The lowest BCUT2D eigenvalue weighted by Crippen LogP contribution is -2.49. The number of hydrogen-bond acceptors (Lipinski definition) is 6. The zero-order chi connectivity index (χ0) is 26.8. The highest BCUT2D eigenvalue weighted by Gasteiger charge is 2.56. The monoisotopic (exact) mass is 522 g/mol. The van der Waals surface area contributed by atoms with E-state index < -0.39 is 29.3 Å². The molecule has 2 atom stereocenters. The number of aryl methyl sites for hydroxylation is 1. The van der Waals surface area contributed by atoms with Crippen molar-refractivity contribution in [3.63, 3.8) is 0 Å². The molecule has 0 radical (unpaired) electrons. The van der Waals surface area contributed by atoms with Gasteiger partial charge in [-0.3, -0.25) is 0 Å². The van der Waals surface area contributed by atoms with Gasteiger partial charge in [0.15, 0.2) is 5.82 Å². The normalized spacial score (nSPS) is 22.0. The summed E-state index contributed by atoms with van der Waals surface area (Å²) in [6, 6.07) is 17.2. The number of alkyl halides is 3. The molecule has 6 nitrogen and oxygen atoms in total. The molecule has 1 aliphatic carbocycles. The molecule has 38 heavy (non-hydrogen) atoms. The van der Waals surface area contributed by atoms with Crippen molar-refractivity contribution in [2.24, 2.45) is 10.3 Å². The first-order valence-electron chi connectivity index (χ1n) is 12.8. The third-order valence-corrected chi connectivity index (χ3v) is 7.20. The van der Waals surface area contributed by atoms with Gasteiger partial charge in [-0.2, -0.15) is 13.2 Å². The highest BCUT2D eigenvalue weighted by atomic mass is 19.4. The third-order valence-electron chi connectivity index (χ3n) is 7.20. The first kappa shape index (κ1) is 25.9. The van der Waals surface area contributed by atoms with Crippen molar-refractivity contribution in [1.29, 1.82) is 0 Å². The summed E-state index contributed by atoms with van der Waals surface area (Å²) in [5.41, 5.74) is -0.320. The molecule has 198 valence electrons. The molecule has 1 aromatic heterocycles. The molecule has 9 heteroatoms. The maximum atomic E-state index is 14.1. The highest BCUT2D eigenvalue weighted by molar-refractivity contribution is 5.84. The van der Waals surface area contributed by atoms with Crippen LogP contribution in [-0.2, 0) is 22.1 Å². The summed E-state index contributed by atoms with van der Waals surface area (Å²) in [7, 11) is 0. The van der Waals surface area contributed by atoms with Crippen molar-refractivity contribution >= 4 is 11.8 Å². The van der Waals surface area contributed by atoms with Crippen LogP contribution in [0.25, 0.3) is 0 Å². The van der Waals surface area contributed by atoms with Crippen LogP contribution >= 0.6 is 0 Å². The smallest absolute Gasteiger partial charge is 0.416 e. The molecule has 0 unspecified atom stereocenters. The Hall–Kier alpha value is -3.75. The van der Waals surface area contributed by atoms with E-state index in [1.165, 1.54) is 6.07 Å². The Morgan fingerprint density at radius 2 is 1.79 bits per heavy atom. The Morgan fingerprint density at radius 1 is 1.03 bits per heavy atom. The van der Waals surface area contributed by atoms with E-state index in [1.54, 1.807) is 35.5 Å². The van der Waals surface area contributed by atoms with E-state index in [9.17, 15) is 18.0 Å². The number of pyridine rings is 1. The summed E-state index contributed by atoms with van der Waals surface area (Å²) in [5.74, 6) is -0.118. The maximum Gasteiger partial charge on any atom is 0.416 e. The molecule has 2 aromatic carbocycles.